The molecule has 0 spiro atoms. The quantitative estimate of drug-likeness (QED) is 0.137. The van der Waals surface area contributed by atoms with E-state index in [1.165, 1.54) is 6.08 Å². The number of carbonyl (C=O) groups excluding carboxylic acids is 1. The van der Waals surface area contributed by atoms with Crippen LogP contribution in [0.15, 0.2) is 12.7 Å². The van der Waals surface area contributed by atoms with E-state index in [1.807, 2.05) is 0 Å². The normalized spacial score (nSPS) is 13.2. The van der Waals surface area contributed by atoms with Gasteiger partial charge in [0.15, 0.2) is 0 Å². The average Bonchev–Trinajstić information content (AvgIpc) is 2.43. The number of nitrogens with one attached hydrogen (secondary N) is 1. The van der Waals surface area contributed by atoms with Gasteiger partial charge in [0.25, 0.3) is 0 Å². The van der Waals surface area contributed by atoms with Gasteiger partial charge in [-0.05, 0) is 0 Å². The van der Waals surface area contributed by atoms with Crippen molar-refractivity contribution in [1.29, 1.82) is 0 Å². The second kappa shape index (κ2) is 11.7. The molecule has 8 nitrogen and oxygen atoms in total. The Balaban J connectivity index is 3.97. The van der Waals surface area contributed by atoms with Crippen LogP contribution in [-0.4, -0.2) is 57.6 Å². The topological polar surface area (TPSA) is 139 Å². The van der Waals surface area contributed by atoms with Gasteiger partial charge in [-0.3, -0.25) is 9.59 Å². The van der Waals surface area contributed by atoms with E-state index in [2.05, 4.69) is 16.0 Å². The molecule has 0 heterocycles. The van der Waals surface area contributed by atoms with E-state index in [-0.39, 0.29) is 18.1 Å². The van der Waals surface area contributed by atoms with Crippen LogP contribution in [0.4, 0.5) is 4.79 Å². The highest BCUT2D eigenvalue weighted by Gasteiger charge is 2.20. The molecule has 0 saturated heterocycles. The molecule has 0 bridgehead atoms. The van der Waals surface area contributed by atoms with Crippen LogP contribution in [0.2, 0.25) is 0 Å². The van der Waals surface area contributed by atoms with Gasteiger partial charge in [-0.1, -0.05) is 34.2 Å². The first-order chi connectivity index (χ1) is 9.88. The second-order valence-electron chi connectivity index (χ2n) is 3.47. The Kier molecular flexibility index (Phi) is 11.3. The maximum Gasteiger partial charge on any atom is 0.382 e. The summed E-state index contributed by atoms with van der Waals surface area (Å²) in [5, 5.41) is 16.9. The zero-order valence-corrected chi connectivity index (χ0v) is 13.3. The number of ether oxygens (including phenoxy) is 1. The summed E-state index contributed by atoms with van der Waals surface area (Å²) < 4.78 is 7.13. The summed E-state index contributed by atoms with van der Waals surface area (Å²) in [6, 6.07) is -1.98. The summed E-state index contributed by atoms with van der Waals surface area (Å²) >= 11 is 0.541. The lowest BCUT2D eigenvalue weighted by molar-refractivity contribution is -0.139. The van der Waals surface area contributed by atoms with Crippen molar-refractivity contribution >= 4 is 50.8 Å². The van der Waals surface area contributed by atoms with E-state index in [9.17, 15) is 14.4 Å². The molecule has 0 saturated carbocycles. The number of hydrogen-bond donors (Lipinski definition) is 4. The molecule has 0 fully saturated rings. The SMILES string of the molecule is C=CCOC(=O)SN[C@H](CSSCC(N)C(=O)O)C(=O)O. The summed E-state index contributed by atoms with van der Waals surface area (Å²) in [5.41, 5.74) is 5.30. The molecule has 0 aliphatic heterocycles. The molecular weight excluding hydrogens is 340 g/mol. The monoisotopic (exact) mass is 356 g/mol. The molecule has 0 rings (SSSR count). The molecule has 0 aliphatic carbocycles. The van der Waals surface area contributed by atoms with Crippen molar-refractivity contribution in [3.05, 3.63) is 12.7 Å². The summed E-state index contributed by atoms with van der Waals surface area (Å²) in [6.07, 6.45) is 1.39. The second-order valence-corrected chi connectivity index (χ2v) is 6.80. The summed E-state index contributed by atoms with van der Waals surface area (Å²) in [7, 11) is 2.31. The molecular formula is C10H16N2O6S3. The molecule has 0 amide bonds. The van der Waals surface area contributed by atoms with Crippen LogP contribution in [0.1, 0.15) is 0 Å². The average molecular weight is 356 g/mol. The van der Waals surface area contributed by atoms with E-state index in [1.54, 1.807) is 0 Å². The zero-order chi connectivity index (χ0) is 16.3. The third-order valence-electron chi connectivity index (χ3n) is 1.78. The van der Waals surface area contributed by atoms with E-state index >= 15 is 0 Å². The number of carbonyl (C=O) groups is 3. The molecule has 0 aromatic carbocycles. The predicted molar refractivity (Wildman–Crippen MR) is 84.2 cm³/mol. The summed E-state index contributed by atoms with van der Waals surface area (Å²) in [4.78, 5) is 32.6. The minimum Gasteiger partial charge on any atom is -0.480 e. The number of carboxylic acid groups (broad SMARTS) is 2. The molecule has 0 aromatic heterocycles. The number of hydrogen-bond acceptors (Lipinski definition) is 9. The first-order valence-corrected chi connectivity index (χ1v) is 8.84. The minimum atomic E-state index is -1.13. The summed E-state index contributed by atoms with van der Waals surface area (Å²) in [6.45, 7) is 3.42. The van der Waals surface area contributed by atoms with Crippen LogP contribution in [0.3, 0.4) is 0 Å². The zero-order valence-electron chi connectivity index (χ0n) is 10.9. The Morgan fingerprint density at radius 2 is 1.86 bits per heavy atom. The number of carboxylic acids is 2. The van der Waals surface area contributed by atoms with Crippen LogP contribution >= 0.6 is 33.5 Å². The van der Waals surface area contributed by atoms with Gasteiger partial charge >= 0.3 is 17.2 Å². The van der Waals surface area contributed by atoms with E-state index in [0.717, 1.165) is 21.6 Å². The Hall–Kier alpha value is -0.880. The highest BCUT2D eigenvalue weighted by Crippen LogP contribution is 2.23. The molecule has 0 radical (unpaired) electrons. The highest BCUT2D eigenvalue weighted by atomic mass is 33.1. The Morgan fingerprint density at radius 3 is 2.38 bits per heavy atom. The van der Waals surface area contributed by atoms with Crippen molar-refractivity contribution in [2.24, 2.45) is 5.73 Å². The fourth-order valence-corrected chi connectivity index (χ4v) is 3.66. The fraction of sp³-hybridized carbons (Fsp3) is 0.500. The first-order valence-electron chi connectivity index (χ1n) is 5.54. The van der Waals surface area contributed by atoms with Crippen LogP contribution in [0.5, 0.6) is 0 Å². The van der Waals surface area contributed by atoms with Gasteiger partial charge in [-0.25, -0.2) is 9.52 Å². The number of rotatable bonds is 11. The Labute approximate surface area is 133 Å². The van der Waals surface area contributed by atoms with Crippen molar-refractivity contribution in [3.63, 3.8) is 0 Å². The van der Waals surface area contributed by atoms with Gasteiger partial charge in [-0.2, -0.15) is 0 Å². The van der Waals surface area contributed by atoms with Crippen LogP contribution in [0.25, 0.3) is 0 Å². The van der Waals surface area contributed by atoms with E-state index in [0.29, 0.717) is 11.9 Å². The smallest absolute Gasteiger partial charge is 0.382 e. The van der Waals surface area contributed by atoms with Crippen LogP contribution in [-0.2, 0) is 14.3 Å². The third kappa shape index (κ3) is 10.5. The van der Waals surface area contributed by atoms with Gasteiger partial charge in [0.1, 0.15) is 18.7 Å². The van der Waals surface area contributed by atoms with E-state index < -0.39 is 29.3 Å². The molecule has 21 heavy (non-hydrogen) atoms. The molecule has 11 heteroatoms. The van der Waals surface area contributed by atoms with Gasteiger partial charge in [0, 0.05) is 23.5 Å². The van der Waals surface area contributed by atoms with Crippen molar-refractivity contribution < 1.29 is 29.3 Å². The lowest BCUT2D eigenvalue weighted by Gasteiger charge is -2.12. The van der Waals surface area contributed by atoms with Gasteiger partial charge in [0.05, 0.1) is 0 Å². The van der Waals surface area contributed by atoms with Gasteiger partial charge in [-0.15, -0.1) is 0 Å². The number of aliphatic carboxylic acids is 2. The largest absolute Gasteiger partial charge is 0.480 e. The summed E-state index contributed by atoms with van der Waals surface area (Å²) in [5.74, 6) is -1.96. The predicted octanol–water partition coefficient (Wildman–Crippen LogP) is 0.793. The number of nitrogens with two attached hydrogens (primary N) is 1. The van der Waals surface area contributed by atoms with Gasteiger partial charge in [0.2, 0.25) is 0 Å². The molecule has 120 valence electrons. The molecule has 0 aliphatic rings. The Morgan fingerprint density at radius 1 is 1.24 bits per heavy atom. The van der Waals surface area contributed by atoms with Crippen molar-refractivity contribution in [2.45, 2.75) is 12.1 Å². The lowest BCUT2D eigenvalue weighted by atomic mass is 10.4. The van der Waals surface area contributed by atoms with Crippen LogP contribution in [0, 0.1) is 0 Å². The molecule has 0 aromatic rings. The maximum atomic E-state index is 11.2. The third-order valence-corrected chi connectivity index (χ3v) is 4.92. The van der Waals surface area contributed by atoms with Crippen molar-refractivity contribution in [3.8, 4) is 0 Å². The lowest BCUT2D eigenvalue weighted by Crippen LogP contribution is -2.35. The van der Waals surface area contributed by atoms with Crippen molar-refractivity contribution in [1.82, 2.24) is 4.72 Å². The standard InChI is InChI=1S/C10H16N2O6S3/c1-2-3-18-10(17)21-12-7(9(15)16)5-20-19-4-6(11)8(13)14/h2,6-7,12H,1,3-5,11H2,(H,13,14)(H,15,16)/t6?,7-/m1/s1. The van der Waals surface area contributed by atoms with E-state index in [4.69, 9.17) is 15.9 Å². The van der Waals surface area contributed by atoms with Crippen molar-refractivity contribution in [2.75, 3.05) is 18.1 Å². The highest BCUT2D eigenvalue weighted by molar-refractivity contribution is 8.76. The molecule has 2 atom stereocenters. The minimum absolute atomic E-state index is 0.0446. The molecule has 1 unspecified atom stereocenters. The fourth-order valence-electron chi connectivity index (χ4n) is 0.740. The van der Waals surface area contributed by atoms with Crippen LogP contribution < -0.4 is 10.5 Å². The first kappa shape index (κ1) is 20.1. The maximum absolute atomic E-state index is 11.2. The van der Waals surface area contributed by atoms with Gasteiger partial charge < -0.3 is 20.7 Å². The Bertz CT molecular complexity index is 382. The molecule has 5 N–H and O–H groups in total.